The van der Waals surface area contributed by atoms with Crippen LogP contribution in [0.4, 0.5) is 17.6 Å². The number of rotatable bonds is 8. The maximum atomic E-state index is 12.3. The zero-order valence-corrected chi connectivity index (χ0v) is 22.3. The highest BCUT2D eigenvalue weighted by molar-refractivity contribution is 8.00. The van der Waals surface area contributed by atoms with Gasteiger partial charge in [-0.2, -0.15) is 19.2 Å². The second-order valence-corrected chi connectivity index (χ2v) is 10.8. The van der Waals surface area contributed by atoms with Crippen molar-refractivity contribution in [2.24, 2.45) is 11.3 Å². The summed E-state index contributed by atoms with van der Waals surface area (Å²) in [6, 6.07) is 0. The maximum Gasteiger partial charge on any atom is 0.373 e. The monoisotopic (exact) mass is 551 g/mol. The number of ether oxygens (including phenoxy) is 2. The van der Waals surface area contributed by atoms with Crippen LogP contribution in [-0.2, 0) is 52.4 Å². The van der Waals surface area contributed by atoms with Gasteiger partial charge >= 0.3 is 24.2 Å². The van der Waals surface area contributed by atoms with Gasteiger partial charge in [-0.15, -0.1) is 4.21 Å². The second kappa shape index (κ2) is 22.8. The van der Waals surface area contributed by atoms with Crippen molar-refractivity contribution in [2.45, 2.75) is 59.8 Å². The third-order valence-corrected chi connectivity index (χ3v) is 4.00. The molecule has 0 N–H and O–H groups in total. The van der Waals surface area contributed by atoms with Crippen LogP contribution < -0.4 is 0 Å². The number of carbonyl (C=O) groups is 2. The van der Waals surface area contributed by atoms with Crippen molar-refractivity contribution in [3.05, 3.63) is 11.6 Å². The molecule has 2 atom stereocenters. The topological polar surface area (TPSA) is 138 Å². The molecule has 14 heteroatoms. The first-order valence-corrected chi connectivity index (χ1v) is 13.3. The van der Waals surface area contributed by atoms with Crippen molar-refractivity contribution < 1.29 is 60.0 Å². The Bertz CT molecular complexity index is 749. The van der Waals surface area contributed by atoms with E-state index >= 15 is 0 Å². The minimum Gasteiger partial charge on any atom is -0.466 e. The summed E-state index contributed by atoms with van der Waals surface area (Å²) in [5, 5.41) is 0. The van der Waals surface area contributed by atoms with Crippen LogP contribution in [-0.4, -0.2) is 69.1 Å². The third-order valence-electron chi connectivity index (χ3n) is 4.00. The summed E-state index contributed by atoms with van der Waals surface area (Å²) < 4.78 is 67.7. The SMILES string of the molecule is CCOC(=O)/C(=C\C(F)F)CC.CCOC(=O)C1(CC)CC1C(F)F.C[S+](C)(C)=O.O=C=O.O=C=O. The van der Waals surface area contributed by atoms with Gasteiger partial charge < -0.3 is 9.47 Å². The minimum absolute atomic E-state index is 0.0341. The largest absolute Gasteiger partial charge is 0.466 e. The summed E-state index contributed by atoms with van der Waals surface area (Å²) in [6.45, 7) is 7.16. The van der Waals surface area contributed by atoms with E-state index in [-0.39, 0.29) is 43.9 Å². The summed E-state index contributed by atoms with van der Waals surface area (Å²) in [5.41, 5.74) is -0.837. The van der Waals surface area contributed by atoms with Gasteiger partial charge in [0.25, 0.3) is 6.43 Å². The van der Waals surface area contributed by atoms with Gasteiger partial charge in [0.2, 0.25) is 6.43 Å². The second-order valence-electron chi connectivity index (χ2n) is 7.37. The van der Waals surface area contributed by atoms with Gasteiger partial charge in [0, 0.05) is 11.5 Å². The van der Waals surface area contributed by atoms with Gasteiger partial charge in [-0.05, 0) is 39.2 Å². The zero-order chi connectivity index (χ0) is 29.5. The maximum absolute atomic E-state index is 12.3. The van der Waals surface area contributed by atoms with E-state index < -0.39 is 46.1 Å². The van der Waals surface area contributed by atoms with E-state index in [2.05, 4.69) is 4.74 Å². The van der Waals surface area contributed by atoms with Crippen LogP contribution in [0.3, 0.4) is 0 Å². The highest BCUT2D eigenvalue weighted by Crippen LogP contribution is 2.58. The Morgan fingerprint density at radius 1 is 0.944 bits per heavy atom. The normalized spacial score (nSPS) is 17.6. The molecule has 0 heterocycles. The minimum atomic E-state index is -2.59. The van der Waals surface area contributed by atoms with Crippen LogP contribution in [0.1, 0.15) is 47.0 Å². The van der Waals surface area contributed by atoms with Crippen LogP contribution in [0.25, 0.3) is 0 Å². The van der Waals surface area contributed by atoms with Crippen molar-refractivity contribution >= 4 is 34.2 Å². The van der Waals surface area contributed by atoms with Gasteiger partial charge in [-0.3, -0.25) is 4.79 Å². The van der Waals surface area contributed by atoms with E-state index in [0.29, 0.717) is 12.5 Å². The number of allylic oxidation sites excluding steroid dienone is 1. The number of esters is 2. The number of hydrogen-bond acceptors (Lipinski definition) is 9. The van der Waals surface area contributed by atoms with E-state index in [1.165, 1.54) is 0 Å². The van der Waals surface area contributed by atoms with E-state index in [1.807, 2.05) is 0 Å². The average Bonchev–Trinajstić information content (AvgIpc) is 3.49. The lowest BCUT2D eigenvalue weighted by Crippen LogP contribution is -2.22. The molecule has 0 saturated heterocycles. The average molecular weight is 552 g/mol. The summed E-state index contributed by atoms with van der Waals surface area (Å²) in [5.74, 6) is -1.89. The van der Waals surface area contributed by atoms with Crippen molar-refractivity contribution in [1.82, 2.24) is 0 Å². The molecule has 0 spiro atoms. The quantitative estimate of drug-likeness (QED) is 0.192. The van der Waals surface area contributed by atoms with Gasteiger partial charge in [-0.25, -0.2) is 22.4 Å². The van der Waals surface area contributed by atoms with Crippen LogP contribution in [0.2, 0.25) is 0 Å². The first kappa shape index (κ1) is 40.5. The lowest BCUT2D eigenvalue weighted by molar-refractivity contribution is -0.193. The molecule has 1 fully saturated rings. The molecule has 1 rings (SSSR count). The van der Waals surface area contributed by atoms with Crippen molar-refractivity contribution in [3.8, 4) is 0 Å². The summed E-state index contributed by atoms with van der Waals surface area (Å²) in [4.78, 5) is 54.7. The molecular formula is C22H35F4O9S+. The van der Waals surface area contributed by atoms with Crippen molar-refractivity contribution in [3.63, 3.8) is 0 Å². The van der Waals surface area contributed by atoms with E-state index in [1.54, 1.807) is 46.5 Å². The summed E-state index contributed by atoms with van der Waals surface area (Å²) in [7, 11) is -1.42. The van der Waals surface area contributed by atoms with Crippen LogP contribution in [0, 0.1) is 11.3 Å². The molecule has 0 bridgehead atoms. The number of carbonyl (C=O) groups excluding carboxylic acids is 6. The number of hydrogen-bond donors (Lipinski definition) is 0. The predicted molar refractivity (Wildman–Crippen MR) is 120 cm³/mol. The lowest BCUT2D eigenvalue weighted by Gasteiger charge is -2.12. The van der Waals surface area contributed by atoms with Crippen molar-refractivity contribution in [2.75, 3.05) is 32.0 Å². The molecule has 0 radical (unpaired) electrons. The Balaban J connectivity index is -0.000000204. The highest BCUT2D eigenvalue weighted by atomic mass is 32.2. The molecule has 36 heavy (non-hydrogen) atoms. The standard InChI is InChI=1S/C9H14F2O2.C8H12F2O2.C3H9OS.2CO2/c1-3-9(8(12)13-4-2)5-6(9)7(10)11;1-3-6(5-7(9)10)8(11)12-4-2;1-5(2,3)4;2*2-1-3/h6-7H,3-5H2,1-2H3;5,7H,3-4H2,1-2H3;1-3H3;;/q;;+1;;/b;6-5-;;;. The van der Waals surface area contributed by atoms with E-state index in [0.717, 1.165) is 0 Å². The van der Waals surface area contributed by atoms with Crippen LogP contribution >= 0.6 is 0 Å². The molecule has 1 aliphatic rings. The molecule has 9 nitrogen and oxygen atoms in total. The smallest absolute Gasteiger partial charge is 0.373 e. The fourth-order valence-electron chi connectivity index (χ4n) is 2.43. The molecule has 1 aliphatic carbocycles. The van der Waals surface area contributed by atoms with Gasteiger partial charge in [0.1, 0.15) is 18.8 Å². The van der Waals surface area contributed by atoms with E-state index in [9.17, 15) is 31.4 Å². The van der Waals surface area contributed by atoms with Gasteiger partial charge in [0.15, 0.2) is 0 Å². The number of halogens is 4. The highest BCUT2D eigenvalue weighted by Gasteiger charge is 2.63. The Morgan fingerprint density at radius 2 is 1.33 bits per heavy atom. The van der Waals surface area contributed by atoms with Crippen LogP contribution in [0.5, 0.6) is 0 Å². The zero-order valence-electron chi connectivity index (χ0n) is 21.4. The Morgan fingerprint density at radius 3 is 1.56 bits per heavy atom. The molecule has 0 aromatic rings. The molecule has 0 aromatic carbocycles. The van der Waals surface area contributed by atoms with Crippen LogP contribution in [0.15, 0.2) is 11.6 Å². The molecule has 0 aromatic heterocycles. The predicted octanol–water partition coefficient (Wildman–Crippen LogP) is 3.59. The third kappa shape index (κ3) is 23.1. The fourth-order valence-corrected chi connectivity index (χ4v) is 2.43. The molecule has 0 aliphatic heterocycles. The van der Waals surface area contributed by atoms with Gasteiger partial charge in [0.05, 0.1) is 28.6 Å². The van der Waals surface area contributed by atoms with Crippen molar-refractivity contribution in [1.29, 1.82) is 0 Å². The molecular weight excluding hydrogens is 516 g/mol. The molecule has 1 saturated carbocycles. The van der Waals surface area contributed by atoms with E-state index in [4.69, 9.17) is 23.9 Å². The number of alkyl halides is 4. The molecule has 0 amide bonds. The first-order valence-electron chi connectivity index (χ1n) is 10.5. The molecule has 210 valence electrons. The first-order chi connectivity index (χ1) is 16.5. The fraction of sp³-hybridized carbons (Fsp3) is 0.727. The lowest BCUT2D eigenvalue weighted by atomic mass is 10.0. The Labute approximate surface area is 209 Å². The summed E-state index contributed by atoms with van der Waals surface area (Å²) >= 11 is 0. The Hall–Kier alpha value is -2.69. The Kier molecular flexibility index (Phi) is 25.6. The molecule has 2 unspecified atom stereocenters. The summed E-state index contributed by atoms with van der Waals surface area (Å²) in [6.07, 6.45) is 2.27. The van der Waals surface area contributed by atoms with Gasteiger partial charge in [-0.1, -0.05) is 13.8 Å².